The van der Waals surface area contributed by atoms with Gasteiger partial charge in [-0.05, 0) is 50.6 Å². The van der Waals surface area contributed by atoms with Crippen LogP contribution in [0.4, 0.5) is 10.5 Å². The van der Waals surface area contributed by atoms with Crippen molar-refractivity contribution in [1.29, 1.82) is 0 Å². The van der Waals surface area contributed by atoms with Gasteiger partial charge in [0.15, 0.2) is 0 Å². The maximum Gasteiger partial charge on any atom is 0.321 e. The van der Waals surface area contributed by atoms with Crippen molar-refractivity contribution < 1.29 is 9.59 Å². The van der Waals surface area contributed by atoms with E-state index in [4.69, 9.17) is 11.6 Å². The van der Waals surface area contributed by atoms with Gasteiger partial charge in [-0.25, -0.2) is 4.79 Å². The van der Waals surface area contributed by atoms with E-state index in [1.807, 2.05) is 4.90 Å². The van der Waals surface area contributed by atoms with Gasteiger partial charge in [0.2, 0.25) is 0 Å². The zero-order valence-corrected chi connectivity index (χ0v) is 16.5. The Hall–Kier alpha value is -1.50. The first kappa shape index (κ1) is 20.8. The van der Waals surface area contributed by atoms with E-state index in [0.717, 1.165) is 32.4 Å². The van der Waals surface area contributed by atoms with Gasteiger partial charge in [0.1, 0.15) is 0 Å². The molecule has 0 saturated carbocycles. The summed E-state index contributed by atoms with van der Waals surface area (Å²) in [6.07, 6.45) is 2.82. The Morgan fingerprint density at radius 2 is 2.04 bits per heavy atom. The van der Waals surface area contributed by atoms with Gasteiger partial charge in [-0.1, -0.05) is 18.5 Å². The van der Waals surface area contributed by atoms with Crippen molar-refractivity contribution >= 4 is 41.6 Å². The van der Waals surface area contributed by atoms with Gasteiger partial charge in [0.25, 0.3) is 5.91 Å². The van der Waals surface area contributed by atoms with Crippen LogP contribution in [-0.2, 0) is 0 Å². The monoisotopic (exact) mass is 400 g/mol. The fourth-order valence-corrected chi connectivity index (χ4v) is 3.73. The second-order valence-electron chi connectivity index (χ2n) is 6.53. The van der Waals surface area contributed by atoms with Crippen molar-refractivity contribution in [2.75, 3.05) is 37.6 Å². The van der Waals surface area contributed by atoms with Crippen molar-refractivity contribution in [3.8, 4) is 0 Å². The molecule has 2 N–H and O–H groups in total. The molecule has 0 unspecified atom stereocenters. The average molecular weight is 401 g/mol. The number of carbonyl (C=O) groups excluding carboxylic acids is 2. The molecule has 1 aromatic rings. The van der Waals surface area contributed by atoms with E-state index in [-0.39, 0.29) is 30.4 Å². The van der Waals surface area contributed by atoms with Crippen molar-refractivity contribution in [3.63, 3.8) is 0 Å². The lowest BCUT2D eigenvalue weighted by atomic mass is 10.0. The zero-order valence-electron chi connectivity index (χ0n) is 15.0. The Bertz CT molecular complexity index is 650. The summed E-state index contributed by atoms with van der Waals surface area (Å²) in [6, 6.07) is 5.35. The van der Waals surface area contributed by atoms with E-state index in [9.17, 15) is 9.59 Å². The van der Waals surface area contributed by atoms with Gasteiger partial charge in [0.05, 0.1) is 10.6 Å². The number of nitrogens with zero attached hydrogens (tertiary/aromatic N) is 2. The van der Waals surface area contributed by atoms with Crippen LogP contribution in [0, 0.1) is 0 Å². The normalized spacial score (nSPS) is 17.6. The highest BCUT2D eigenvalue weighted by Gasteiger charge is 2.28. The third-order valence-electron chi connectivity index (χ3n) is 4.82. The summed E-state index contributed by atoms with van der Waals surface area (Å²) < 4.78 is 0. The SMILES string of the molecule is CCCN(C(=O)c1cc(N2CCNC2=O)ccc1Cl)C1CCNCC1.Cl. The molecule has 2 fully saturated rings. The molecule has 0 radical (unpaired) electrons. The molecule has 2 aliphatic rings. The minimum Gasteiger partial charge on any atom is -0.336 e. The third-order valence-corrected chi connectivity index (χ3v) is 5.15. The van der Waals surface area contributed by atoms with Crippen molar-refractivity contribution in [2.45, 2.75) is 32.2 Å². The smallest absolute Gasteiger partial charge is 0.321 e. The van der Waals surface area contributed by atoms with Crippen LogP contribution in [0.15, 0.2) is 18.2 Å². The van der Waals surface area contributed by atoms with Crippen LogP contribution in [-0.4, -0.2) is 55.6 Å². The second kappa shape index (κ2) is 9.44. The summed E-state index contributed by atoms with van der Waals surface area (Å²) in [5.41, 5.74) is 1.19. The number of benzene rings is 1. The van der Waals surface area contributed by atoms with E-state index < -0.39 is 0 Å². The summed E-state index contributed by atoms with van der Waals surface area (Å²) in [4.78, 5) is 28.7. The highest BCUT2D eigenvalue weighted by Crippen LogP contribution is 2.27. The van der Waals surface area contributed by atoms with Gasteiger partial charge in [-0.3, -0.25) is 9.69 Å². The molecule has 0 aliphatic carbocycles. The number of rotatable bonds is 5. The lowest BCUT2D eigenvalue weighted by Gasteiger charge is -2.35. The van der Waals surface area contributed by atoms with Crippen LogP contribution >= 0.6 is 24.0 Å². The minimum absolute atomic E-state index is 0. The van der Waals surface area contributed by atoms with Crippen molar-refractivity contribution in [1.82, 2.24) is 15.5 Å². The number of anilines is 1. The first-order chi connectivity index (χ1) is 12.1. The predicted molar refractivity (Wildman–Crippen MR) is 107 cm³/mol. The molecule has 0 bridgehead atoms. The maximum absolute atomic E-state index is 13.2. The highest BCUT2D eigenvalue weighted by atomic mass is 35.5. The molecule has 8 heteroatoms. The van der Waals surface area contributed by atoms with Gasteiger partial charge in [-0.15, -0.1) is 12.4 Å². The molecule has 3 rings (SSSR count). The number of halogens is 2. The van der Waals surface area contributed by atoms with Crippen LogP contribution in [0.1, 0.15) is 36.5 Å². The molecular formula is C18H26Cl2N4O2. The summed E-state index contributed by atoms with van der Waals surface area (Å²) in [5, 5.41) is 6.55. The van der Waals surface area contributed by atoms with Crippen LogP contribution in [0.25, 0.3) is 0 Å². The topological polar surface area (TPSA) is 64.7 Å². The Balaban J connectivity index is 0.00000243. The third kappa shape index (κ3) is 4.42. The number of hydrogen-bond acceptors (Lipinski definition) is 3. The molecule has 2 saturated heterocycles. The van der Waals surface area contributed by atoms with Gasteiger partial charge in [-0.2, -0.15) is 0 Å². The Labute approximate surface area is 165 Å². The van der Waals surface area contributed by atoms with Gasteiger partial charge < -0.3 is 15.5 Å². The van der Waals surface area contributed by atoms with Crippen LogP contribution in [0.5, 0.6) is 0 Å². The fraction of sp³-hybridized carbons (Fsp3) is 0.556. The van der Waals surface area contributed by atoms with Gasteiger partial charge >= 0.3 is 6.03 Å². The number of carbonyl (C=O) groups is 2. The summed E-state index contributed by atoms with van der Waals surface area (Å²) >= 11 is 6.34. The minimum atomic E-state index is -0.135. The number of hydrogen-bond donors (Lipinski definition) is 2. The fourth-order valence-electron chi connectivity index (χ4n) is 3.53. The van der Waals surface area contributed by atoms with E-state index in [1.165, 1.54) is 0 Å². The zero-order chi connectivity index (χ0) is 17.8. The Morgan fingerprint density at radius 3 is 2.65 bits per heavy atom. The molecular weight excluding hydrogens is 375 g/mol. The Morgan fingerprint density at radius 1 is 1.31 bits per heavy atom. The predicted octanol–water partition coefficient (Wildman–Crippen LogP) is 2.90. The first-order valence-corrected chi connectivity index (χ1v) is 9.36. The largest absolute Gasteiger partial charge is 0.336 e. The number of nitrogens with one attached hydrogen (secondary N) is 2. The molecule has 0 atom stereocenters. The second-order valence-corrected chi connectivity index (χ2v) is 6.93. The van der Waals surface area contributed by atoms with Crippen molar-refractivity contribution in [3.05, 3.63) is 28.8 Å². The van der Waals surface area contributed by atoms with Gasteiger partial charge in [0, 0.05) is 31.4 Å². The van der Waals surface area contributed by atoms with E-state index in [2.05, 4.69) is 17.6 Å². The quantitative estimate of drug-likeness (QED) is 0.798. The molecule has 1 aromatic carbocycles. The average Bonchev–Trinajstić information content (AvgIpc) is 3.06. The lowest BCUT2D eigenvalue weighted by Crippen LogP contribution is -2.46. The Kier molecular flexibility index (Phi) is 7.55. The van der Waals surface area contributed by atoms with Crippen molar-refractivity contribution in [2.24, 2.45) is 0 Å². The summed E-state index contributed by atoms with van der Waals surface area (Å²) in [7, 11) is 0. The summed E-state index contributed by atoms with van der Waals surface area (Å²) in [5.74, 6) is -0.0415. The molecule has 2 aliphatic heterocycles. The number of urea groups is 1. The van der Waals surface area contributed by atoms with E-state index >= 15 is 0 Å². The molecule has 2 heterocycles. The molecule has 0 aromatic heterocycles. The first-order valence-electron chi connectivity index (χ1n) is 8.98. The molecule has 26 heavy (non-hydrogen) atoms. The van der Waals surface area contributed by atoms with E-state index in [1.54, 1.807) is 23.1 Å². The van der Waals surface area contributed by atoms with Crippen LogP contribution in [0.3, 0.4) is 0 Å². The molecule has 6 nitrogen and oxygen atoms in total. The molecule has 3 amide bonds. The summed E-state index contributed by atoms with van der Waals surface area (Å²) in [6.45, 7) is 5.87. The number of amides is 3. The maximum atomic E-state index is 13.2. The number of piperidine rings is 1. The molecule has 144 valence electrons. The highest BCUT2D eigenvalue weighted by molar-refractivity contribution is 6.34. The lowest BCUT2D eigenvalue weighted by molar-refractivity contribution is 0.0643. The van der Waals surface area contributed by atoms with E-state index in [0.29, 0.717) is 35.9 Å². The van der Waals surface area contributed by atoms with Crippen LogP contribution < -0.4 is 15.5 Å². The van der Waals surface area contributed by atoms with Crippen LogP contribution in [0.2, 0.25) is 5.02 Å². The standard InChI is InChI=1S/C18H25ClN4O2.ClH/c1-2-10-22(13-5-7-20-8-6-13)17(24)15-12-14(3-4-16(15)19)23-11-9-21-18(23)25;/h3-4,12-13,20H,2,5-11H2,1H3,(H,21,25);1H. The molecule has 0 spiro atoms.